The number of hydrogen-bond acceptors (Lipinski definition) is 1. The average Bonchev–Trinajstić information content (AvgIpc) is 2.97. The van der Waals surface area contributed by atoms with Crippen molar-refractivity contribution < 1.29 is 9.18 Å². The number of carbonyl (C=O) groups excluding carboxylic acids is 1. The van der Waals surface area contributed by atoms with Gasteiger partial charge in [-0.25, -0.2) is 4.39 Å². The molecule has 2 nitrogen and oxygen atoms in total. The predicted octanol–water partition coefficient (Wildman–Crippen LogP) is 4.46. The number of hydrogen-bond donors (Lipinski definition) is 0. The van der Waals surface area contributed by atoms with Gasteiger partial charge in [-0.3, -0.25) is 4.79 Å². The highest BCUT2D eigenvalue weighted by molar-refractivity contribution is 6.33. The van der Waals surface area contributed by atoms with Crippen LogP contribution in [0.15, 0.2) is 48.5 Å². The van der Waals surface area contributed by atoms with E-state index in [9.17, 15) is 9.18 Å². The quantitative estimate of drug-likeness (QED) is 0.802. The lowest BCUT2D eigenvalue weighted by atomic mass is 10.0. The lowest BCUT2D eigenvalue weighted by molar-refractivity contribution is 0.0736. The third kappa shape index (κ3) is 2.79. The summed E-state index contributed by atoms with van der Waals surface area (Å²) in [6, 6.07) is 13.9. The van der Waals surface area contributed by atoms with Crippen molar-refractivity contribution in [3.63, 3.8) is 0 Å². The lowest BCUT2D eigenvalue weighted by Crippen LogP contribution is -2.30. The van der Waals surface area contributed by atoms with Crippen LogP contribution in [0.1, 0.15) is 34.8 Å². The Balaban J connectivity index is 1.90. The Morgan fingerprint density at radius 3 is 2.67 bits per heavy atom. The summed E-state index contributed by atoms with van der Waals surface area (Å²) in [6.45, 7) is 0.700. The number of carbonyl (C=O) groups is 1. The van der Waals surface area contributed by atoms with Gasteiger partial charge in [-0.2, -0.15) is 0 Å². The maximum Gasteiger partial charge on any atom is 0.255 e. The van der Waals surface area contributed by atoms with Gasteiger partial charge in [0.05, 0.1) is 16.6 Å². The van der Waals surface area contributed by atoms with Crippen molar-refractivity contribution in [1.29, 1.82) is 0 Å². The topological polar surface area (TPSA) is 20.3 Å². The van der Waals surface area contributed by atoms with Crippen LogP contribution in [-0.2, 0) is 0 Å². The second-order valence-electron chi connectivity index (χ2n) is 5.19. The van der Waals surface area contributed by atoms with E-state index in [1.165, 1.54) is 18.2 Å². The number of amides is 1. The minimum absolute atomic E-state index is 0.0693. The molecule has 2 aromatic rings. The van der Waals surface area contributed by atoms with Gasteiger partial charge in [0.1, 0.15) is 5.82 Å². The molecule has 0 radical (unpaired) electrons. The maximum atomic E-state index is 13.1. The minimum atomic E-state index is -0.433. The Hall–Kier alpha value is -1.87. The Morgan fingerprint density at radius 1 is 1.19 bits per heavy atom. The van der Waals surface area contributed by atoms with Crippen LogP contribution in [0.3, 0.4) is 0 Å². The summed E-state index contributed by atoms with van der Waals surface area (Å²) in [7, 11) is 0. The number of nitrogens with zero attached hydrogens (tertiary/aromatic N) is 1. The Morgan fingerprint density at radius 2 is 1.95 bits per heavy atom. The molecule has 108 valence electrons. The Kier molecular flexibility index (Phi) is 3.93. The summed E-state index contributed by atoms with van der Waals surface area (Å²) in [5, 5.41) is 0.165. The third-order valence-electron chi connectivity index (χ3n) is 3.86. The molecule has 4 heteroatoms. The molecule has 3 rings (SSSR count). The molecular weight excluding hydrogens is 289 g/mol. The number of halogens is 2. The molecule has 0 aliphatic carbocycles. The van der Waals surface area contributed by atoms with Gasteiger partial charge < -0.3 is 4.90 Å². The normalized spacial score (nSPS) is 18.0. The van der Waals surface area contributed by atoms with Crippen LogP contribution in [0.25, 0.3) is 0 Å². The van der Waals surface area contributed by atoms with Crippen LogP contribution >= 0.6 is 11.6 Å². The van der Waals surface area contributed by atoms with Crippen molar-refractivity contribution in [2.24, 2.45) is 0 Å². The molecule has 1 heterocycles. The fourth-order valence-corrected chi connectivity index (χ4v) is 3.10. The smallest absolute Gasteiger partial charge is 0.255 e. The van der Waals surface area contributed by atoms with E-state index in [1.54, 1.807) is 0 Å². The Labute approximate surface area is 128 Å². The first-order valence-corrected chi connectivity index (χ1v) is 7.35. The zero-order valence-electron chi connectivity index (χ0n) is 11.4. The highest BCUT2D eigenvalue weighted by atomic mass is 35.5. The molecule has 0 unspecified atom stereocenters. The summed E-state index contributed by atoms with van der Waals surface area (Å²) in [5.74, 6) is -0.566. The van der Waals surface area contributed by atoms with Crippen molar-refractivity contribution in [1.82, 2.24) is 4.90 Å². The van der Waals surface area contributed by atoms with Gasteiger partial charge in [0.2, 0.25) is 0 Å². The number of likely N-dealkylation sites (tertiary alicyclic amines) is 1. The highest BCUT2D eigenvalue weighted by Gasteiger charge is 2.31. The predicted molar refractivity (Wildman–Crippen MR) is 80.9 cm³/mol. The van der Waals surface area contributed by atoms with E-state index in [1.807, 2.05) is 35.2 Å². The molecule has 21 heavy (non-hydrogen) atoms. The summed E-state index contributed by atoms with van der Waals surface area (Å²) in [6.07, 6.45) is 1.90. The first-order valence-electron chi connectivity index (χ1n) is 6.98. The zero-order valence-corrected chi connectivity index (χ0v) is 12.2. The second-order valence-corrected chi connectivity index (χ2v) is 5.60. The number of benzene rings is 2. The SMILES string of the molecule is O=C(c1ccc(F)cc1Cl)N1CCC[C@@H]1c1ccccc1. The second kappa shape index (κ2) is 5.86. The van der Waals surface area contributed by atoms with E-state index in [2.05, 4.69) is 0 Å². The summed E-state index contributed by atoms with van der Waals surface area (Å²) >= 11 is 6.01. The first-order chi connectivity index (χ1) is 10.2. The number of rotatable bonds is 2. The molecule has 1 aliphatic heterocycles. The first kappa shape index (κ1) is 14.1. The van der Waals surface area contributed by atoms with Gasteiger partial charge in [0.15, 0.2) is 0 Å². The van der Waals surface area contributed by atoms with E-state index in [4.69, 9.17) is 11.6 Å². The van der Waals surface area contributed by atoms with Crippen LogP contribution < -0.4 is 0 Å². The zero-order chi connectivity index (χ0) is 14.8. The van der Waals surface area contributed by atoms with Crippen molar-refractivity contribution in [2.75, 3.05) is 6.54 Å². The average molecular weight is 304 g/mol. The van der Waals surface area contributed by atoms with Crippen LogP contribution in [0.5, 0.6) is 0 Å². The van der Waals surface area contributed by atoms with Crippen LogP contribution in [0.2, 0.25) is 5.02 Å². The highest BCUT2D eigenvalue weighted by Crippen LogP contribution is 2.34. The van der Waals surface area contributed by atoms with E-state index < -0.39 is 5.82 Å². The molecule has 1 atom stereocenters. The van der Waals surface area contributed by atoms with Gasteiger partial charge in [-0.15, -0.1) is 0 Å². The summed E-state index contributed by atoms with van der Waals surface area (Å²) < 4.78 is 13.1. The van der Waals surface area contributed by atoms with Gasteiger partial charge >= 0.3 is 0 Å². The van der Waals surface area contributed by atoms with Gasteiger partial charge in [0, 0.05) is 6.54 Å². The van der Waals surface area contributed by atoms with Crippen LogP contribution in [0.4, 0.5) is 4.39 Å². The molecule has 1 amide bonds. The van der Waals surface area contributed by atoms with E-state index in [0.29, 0.717) is 12.1 Å². The monoisotopic (exact) mass is 303 g/mol. The van der Waals surface area contributed by atoms with Gasteiger partial charge in [-0.1, -0.05) is 41.9 Å². The fourth-order valence-electron chi connectivity index (χ4n) is 2.85. The van der Waals surface area contributed by atoms with Crippen molar-refractivity contribution in [2.45, 2.75) is 18.9 Å². The van der Waals surface area contributed by atoms with E-state index in [-0.39, 0.29) is 17.0 Å². The molecule has 0 saturated carbocycles. The minimum Gasteiger partial charge on any atom is -0.332 e. The van der Waals surface area contributed by atoms with Crippen molar-refractivity contribution >= 4 is 17.5 Å². The van der Waals surface area contributed by atoms with Crippen LogP contribution in [0, 0.1) is 5.82 Å². The van der Waals surface area contributed by atoms with Gasteiger partial charge in [-0.05, 0) is 36.6 Å². The molecule has 0 aromatic heterocycles. The van der Waals surface area contributed by atoms with E-state index >= 15 is 0 Å². The molecule has 0 bridgehead atoms. The summed E-state index contributed by atoms with van der Waals surface area (Å²) in [5.41, 5.74) is 1.49. The lowest BCUT2D eigenvalue weighted by Gasteiger charge is -2.25. The fraction of sp³-hybridized carbons (Fsp3) is 0.235. The molecule has 0 spiro atoms. The summed E-state index contributed by atoms with van der Waals surface area (Å²) in [4.78, 5) is 14.5. The molecule has 1 saturated heterocycles. The van der Waals surface area contributed by atoms with Crippen molar-refractivity contribution in [3.05, 3.63) is 70.5 Å². The molecule has 0 N–H and O–H groups in total. The third-order valence-corrected chi connectivity index (χ3v) is 4.17. The van der Waals surface area contributed by atoms with Crippen LogP contribution in [-0.4, -0.2) is 17.4 Å². The Bertz CT molecular complexity index is 659. The van der Waals surface area contributed by atoms with Gasteiger partial charge in [0.25, 0.3) is 5.91 Å². The standard InChI is InChI=1S/C17H15ClFNO/c18-15-11-13(19)8-9-14(15)17(21)20-10-4-7-16(20)12-5-2-1-3-6-12/h1-3,5-6,8-9,11,16H,4,7,10H2/t16-/m1/s1. The maximum absolute atomic E-state index is 13.1. The molecule has 1 aliphatic rings. The molecule has 2 aromatic carbocycles. The molecule has 1 fully saturated rings. The van der Waals surface area contributed by atoms with Crippen molar-refractivity contribution in [3.8, 4) is 0 Å². The molecular formula is C17H15ClFNO. The van der Waals surface area contributed by atoms with E-state index in [0.717, 1.165) is 18.4 Å². The largest absolute Gasteiger partial charge is 0.332 e.